The molecule has 0 aliphatic rings. The fourth-order valence-electron chi connectivity index (χ4n) is 9.19. The molecule has 10 heteroatoms. The van der Waals surface area contributed by atoms with Crippen molar-refractivity contribution in [1.82, 2.24) is 0 Å². The molecule has 0 aromatic heterocycles. The Labute approximate surface area is 429 Å². The Kier molecular flexibility index (Phi) is 51.1. The second-order valence-electron chi connectivity index (χ2n) is 22.1. The number of ether oxygens (including phenoxy) is 2. The smallest absolute Gasteiger partial charge is 0.306 e. The molecular weight excluding hydrogens is 882 g/mol. The van der Waals surface area contributed by atoms with E-state index in [2.05, 4.69) is 13.8 Å². The predicted octanol–water partition coefficient (Wildman–Crippen LogP) is 18.0. The zero-order valence-corrected chi connectivity index (χ0v) is 47.7. The van der Waals surface area contributed by atoms with Crippen molar-refractivity contribution in [3.05, 3.63) is 0 Å². The van der Waals surface area contributed by atoms with Crippen LogP contribution in [0.25, 0.3) is 0 Å². The maximum atomic E-state index is 12.8. The van der Waals surface area contributed by atoms with Crippen molar-refractivity contribution in [3.8, 4) is 0 Å². The molecule has 0 amide bonds. The van der Waals surface area contributed by atoms with Crippen LogP contribution in [0.3, 0.4) is 0 Å². The van der Waals surface area contributed by atoms with Crippen LogP contribution < -0.4 is 4.89 Å². The zero-order chi connectivity index (χ0) is 50.6. The molecule has 0 heterocycles. The summed E-state index contributed by atoms with van der Waals surface area (Å²) < 4.78 is 34.2. The number of likely N-dealkylation sites (N-methyl/N-ethyl adjacent to an activating group) is 1. The first-order valence-electron chi connectivity index (χ1n) is 30.2. The second kappa shape index (κ2) is 51.9. The van der Waals surface area contributed by atoms with Gasteiger partial charge >= 0.3 is 11.9 Å². The molecule has 0 radical (unpaired) electrons. The summed E-state index contributed by atoms with van der Waals surface area (Å²) in [4.78, 5) is 37.8. The Hall–Kier alpha value is -0.990. The van der Waals surface area contributed by atoms with E-state index in [9.17, 15) is 19.0 Å². The predicted molar refractivity (Wildman–Crippen MR) is 292 cm³/mol. The van der Waals surface area contributed by atoms with Gasteiger partial charge in [0.15, 0.2) is 6.10 Å². The highest BCUT2D eigenvalue weighted by Gasteiger charge is 2.22. The van der Waals surface area contributed by atoms with Gasteiger partial charge in [0.1, 0.15) is 19.8 Å². The van der Waals surface area contributed by atoms with E-state index in [4.69, 9.17) is 18.5 Å². The van der Waals surface area contributed by atoms with Gasteiger partial charge in [-0.2, -0.15) is 0 Å². The fraction of sp³-hybridized carbons (Fsp3) is 0.966. The number of quaternary nitrogens is 1. The van der Waals surface area contributed by atoms with Gasteiger partial charge in [-0.05, 0) is 12.8 Å². The maximum absolute atomic E-state index is 12.8. The third-order valence-corrected chi connectivity index (χ3v) is 14.8. The van der Waals surface area contributed by atoms with Crippen molar-refractivity contribution >= 4 is 19.8 Å². The van der Waals surface area contributed by atoms with E-state index in [-0.39, 0.29) is 32.0 Å². The van der Waals surface area contributed by atoms with E-state index in [0.717, 1.165) is 32.1 Å². The summed E-state index contributed by atoms with van der Waals surface area (Å²) in [5, 5.41) is 0. The summed E-state index contributed by atoms with van der Waals surface area (Å²) in [6.07, 6.45) is 58.8. The molecule has 0 spiro atoms. The summed E-state index contributed by atoms with van der Waals surface area (Å²) in [5.41, 5.74) is 0. The van der Waals surface area contributed by atoms with Crippen LogP contribution in [0.15, 0.2) is 0 Å². The Balaban J connectivity index is 4.02. The van der Waals surface area contributed by atoms with Gasteiger partial charge in [-0.3, -0.25) is 14.2 Å². The molecule has 2 atom stereocenters. The first-order chi connectivity index (χ1) is 33.5. The number of esters is 2. The van der Waals surface area contributed by atoms with Gasteiger partial charge in [-0.25, -0.2) is 0 Å². The van der Waals surface area contributed by atoms with Crippen molar-refractivity contribution in [2.45, 2.75) is 322 Å². The number of carbonyl (C=O) groups is 2. The van der Waals surface area contributed by atoms with Gasteiger partial charge in [0.2, 0.25) is 0 Å². The van der Waals surface area contributed by atoms with Gasteiger partial charge in [0.05, 0.1) is 27.7 Å². The molecule has 0 aliphatic heterocycles. The van der Waals surface area contributed by atoms with Crippen LogP contribution in [0.2, 0.25) is 0 Å². The lowest BCUT2D eigenvalue weighted by Gasteiger charge is -2.28. The number of rotatable bonds is 57. The highest BCUT2D eigenvalue weighted by Crippen LogP contribution is 2.38. The molecule has 0 N–H and O–H groups in total. The minimum atomic E-state index is -4.63. The molecule has 0 aromatic rings. The molecule has 9 nitrogen and oxygen atoms in total. The van der Waals surface area contributed by atoms with Crippen molar-refractivity contribution < 1.29 is 42.1 Å². The van der Waals surface area contributed by atoms with E-state index < -0.39 is 26.5 Å². The number of nitrogens with zero attached hydrogens (tertiary/aromatic N) is 1. The molecule has 0 aliphatic carbocycles. The molecule has 2 unspecified atom stereocenters. The van der Waals surface area contributed by atoms with Gasteiger partial charge in [0, 0.05) is 12.8 Å². The standard InChI is InChI=1S/C59H118NO8P/c1-6-8-10-12-14-16-18-20-22-24-25-26-27-28-29-30-31-32-33-34-35-36-38-40-42-44-46-48-50-52-59(62)68-57(56-67-69(63,64)66-54-53-60(3,4)5)55-65-58(61)51-49-47-45-43-41-39-37-23-21-19-17-15-13-11-9-7-2/h57H,6-56H2,1-5H3. The van der Waals surface area contributed by atoms with Crippen molar-refractivity contribution in [2.75, 3.05) is 47.5 Å². The highest BCUT2D eigenvalue weighted by atomic mass is 31.2. The Bertz CT molecular complexity index is 1130. The Morgan fingerprint density at radius 3 is 0.928 bits per heavy atom. The number of phosphoric ester groups is 1. The average molecular weight is 1000 g/mol. The van der Waals surface area contributed by atoms with Gasteiger partial charge in [0.25, 0.3) is 7.82 Å². The maximum Gasteiger partial charge on any atom is 0.306 e. The van der Waals surface area contributed by atoms with Crippen LogP contribution in [0.4, 0.5) is 0 Å². The van der Waals surface area contributed by atoms with Crippen molar-refractivity contribution in [3.63, 3.8) is 0 Å². The SMILES string of the molecule is CCCCCCCCCCCCCCCCCCCCCCCCCCCCCCCC(=O)OC(COC(=O)CCCCCCCCCCCCCCCCCC)COP(=O)([O-])OCC[N+](C)(C)C. The summed E-state index contributed by atoms with van der Waals surface area (Å²) in [6, 6.07) is 0. The highest BCUT2D eigenvalue weighted by molar-refractivity contribution is 7.45. The fourth-order valence-corrected chi connectivity index (χ4v) is 9.92. The topological polar surface area (TPSA) is 111 Å². The van der Waals surface area contributed by atoms with Crippen molar-refractivity contribution in [1.29, 1.82) is 0 Å². The Morgan fingerprint density at radius 2 is 0.652 bits per heavy atom. The van der Waals surface area contributed by atoms with E-state index in [1.165, 1.54) is 250 Å². The lowest BCUT2D eigenvalue weighted by atomic mass is 10.0. The number of carbonyl (C=O) groups excluding carboxylic acids is 2. The summed E-state index contributed by atoms with van der Waals surface area (Å²) in [7, 11) is 1.19. The van der Waals surface area contributed by atoms with Crippen molar-refractivity contribution in [2.24, 2.45) is 0 Å². The average Bonchev–Trinajstić information content (AvgIpc) is 3.31. The molecular formula is C59H118NO8P. The van der Waals surface area contributed by atoms with Gasteiger partial charge in [-0.1, -0.05) is 290 Å². The van der Waals surface area contributed by atoms with Crippen LogP contribution in [0, 0.1) is 0 Å². The zero-order valence-electron chi connectivity index (χ0n) is 46.8. The minimum Gasteiger partial charge on any atom is -0.756 e. The molecule has 0 rings (SSSR count). The largest absolute Gasteiger partial charge is 0.756 e. The normalized spacial score (nSPS) is 13.2. The quantitative estimate of drug-likeness (QED) is 0.0256. The van der Waals surface area contributed by atoms with E-state index in [1.807, 2.05) is 21.1 Å². The summed E-state index contributed by atoms with van der Waals surface area (Å²) in [6.45, 7) is 4.31. The lowest BCUT2D eigenvalue weighted by Crippen LogP contribution is -2.37. The molecule has 0 bridgehead atoms. The van der Waals surface area contributed by atoms with E-state index >= 15 is 0 Å². The van der Waals surface area contributed by atoms with Crippen LogP contribution >= 0.6 is 7.82 Å². The number of unbranched alkanes of at least 4 members (excludes halogenated alkanes) is 43. The monoisotopic (exact) mass is 1000 g/mol. The van der Waals surface area contributed by atoms with E-state index in [0.29, 0.717) is 17.4 Å². The first kappa shape index (κ1) is 68.0. The Morgan fingerprint density at radius 1 is 0.391 bits per heavy atom. The summed E-state index contributed by atoms with van der Waals surface area (Å²) in [5.74, 6) is -0.809. The van der Waals surface area contributed by atoms with Crippen LogP contribution in [-0.2, 0) is 32.7 Å². The second-order valence-corrected chi connectivity index (χ2v) is 23.5. The molecule has 0 aromatic carbocycles. The lowest BCUT2D eigenvalue weighted by molar-refractivity contribution is -0.870. The molecule has 0 fully saturated rings. The minimum absolute atomic E-state index is 0.0251. The van der Waals surface area contributed by atoms with Crippen LogP contribution in [0.1, 0.15) is 316 Å². The molecule has 69 heavy (non-hydrogen) atoms. The third kappa shape index (κ3) is 56.2. The van der Waals surface area contributed by atoms with Crippen LogP contribution in [-0.4, -0.2) is 70.0 Å². The number of hydrogen-bond acceptors (Lipinski definition) is 8. The third-order valence-electron chi connectivity index (χ3n) is 13.9. The summed E-state index contributed by atoms with van der Waals surface area (Å²) >= 11 is 0. The van der Waals surface area contributed by atoms with Gasteiger partial charge < -0.3 is 27.9 Å². The number of phosphoric acid groups is 1. The molecule has 412 valence electrons. The van der Waals surface area contributed by atoms with E-state index in [1.54, 1.807) is 0 Å². The molecule has 0 saturated carbocycles. The number of hydrogen-bond donors (Lipinski definition) is 0. The molecule has 0 saturated heterocycles. The first-order valence-corrected chi connectivity index (χ1v) is 31.7. The van der Waals surface area contributed by atoms with Gasteiger partial charge in [-0.15, -0.1) is 0 Å². The van der Waals surface area contributed by atoms with Crippen LogP contribution in [0.5, 0.6) is 0 Å².